The van der Waals surface area contributed by atoms with Crippen LogP contribution in [0.3, 0.4) is 0 Å². The zero-order valence-corrected chi connectivity index (χ0v) is 7.73. The molecule has 3 nitrogen and oxygen atoms in total. The van der Waals surface area contributed by atoms with Gasteiger partial charge in [0.05, 0.1) is 6.26 Å². The van der Waals surface area contributed by atoms with Gasteiger partial charge in [0.2, 0.25) is 0 Å². The van der Waals surface area contributed by atoms with E-state index in [1.54, 1.807) is 19.3 Å². The first-order valence-electron chi connectivity index (χ1n) is 4.33. The number of hydrogen-bond acceptors (Lipinski definition) is 3. The molecule has 0 saturated carbocycles. The third-order valence-electron chi connectivity index (χ3n) is 1.92. The number of nitrogens with zero attached hydrogens (tertiary/aromatic N) is 1. The van der Waals surface area contributed by atoms with Crippen LogP contribution in [0.5, 0.6) is 5.75 Å². The van der Waals surface area contributed by atoms with Crippen LogP contribution in [-0.4, -0.2) is 6.10 Å². The van der Waals surface area contributed by atoms with E-state index >= 15 is 0 Å². The Hall–Kier alpha value is -1.95. The Kier molecular flexibility index (Phi) is 2.11. The van der Waals surface area contributed by atoms with E-state index in [1.807, 2.05) is 24.3 Å². The van der Waals surface area contributed by atoms with Gasteiger partial charge in [0.25, 0.3) is 0 Å². The third-order valence-corrected chi connectivity index (χ3v) is 1.92. The summed E-state index contributed by atoms with van der Waals surface area (Å²) >= 11 is 0. The van der Waals surface area contributed by atoms with E-state index < -0.39 is 6.10 Å². The standard InChI is InChI=1S/C11H9NO2/c1-8(7-12)14-10-2-3-11-9(6-10)4-5-13-11/h2-6,8H,1H3. The van der Waals surface area contributed by atoms with Crippen molar-refractivity contribution < 1.29 is 9.15 Å². The van der Waals surface area contributed by atoms with E-state index in [4.69, 9.17) is 14.4 Å². The summed E-state index contributed by atoms with van der Waals surface area (Å²) < 4.78 is 10.5. The predicted octanol–water partition coefficient (Wildman–Crippen LogP) is 2.72. The van der Waals surface area contributed by atoms with E-state index in [9.17, 15) is 0 Å². The zero-order valence-electron chi connectivity index (χ0n) is 7.73. The molecule has 3 heteroatoms. The van der Waals surface area contributed by atoms with Crippen LogP contribution in [0, 0.1) is 11.3 Å². The Morgan fingerprint density at radius 2 is 2.29 bits per heavy atom. The van der Waals surface area contributed by atoms with Crippen molar-refractivity contribution in [2.75, 3.05) is 0 Å². The van der Waals surface area contributed by atoms with E-state index in [2.05, 4.69) is 0 Å². The Labute approximate surface area is 81.5 Å². The average Bonchev–Trinajstić information content (AvgIpc) is 2.64. The van der Waals surface area contributed by atoms with Gasteiger partial charge in [-0.25, -0.2) is 0 Å². The fourth-order valence-corrected chi connectivity index (χ4v) is 1.25. The minimum absolute atomic E-state index is 0.431. The summed E-state index contributed by atoms with van der Waals surface area (Å²) in [7, 11) is 0. The maximum absolute atomic E-state index is 8.58. The Morgan fingerprint density at radius 1 is 1.43 bits per heavy atom. The lowest BCUT2D eigenvalue weighted by molar-refractivity contribution is 0.277. The lowest BCUT2D eigenvalue weighted by Crippen LogP contribution is -2.07. The first-order chi connectivity index (χ1) is 6.79. The molecule has 14 heavy (non-hydrogen) atoms. The first-order valence-corrected chi connectivity index (χ1v) is 4.33. The van der Waals surface area contributed by atoms with Gasteiger partial charge in [-0.3, -0.25) is 0 Å². The Balaban J connectivity index is 2.31. The van der Waals surface area contributed by atoms with Crippen LogP contribution in [0.4, 0.5) is 0 Å². The summed E-state index contributed by atoms with van der Waals surface area (Å²) in [5.41, 5.74) is 0.821. The molecule has 2 rings (SSSR count). The second kappa shape index (κ2) is 3.43. The van der Waals surface area contributed by atoms with E-state index in [0.29, 0.717) is 5.75 Å². The largest absolute Gasteiger partial charge is 0.476 e. The summed E-state index contributed by atoms with van der Waals surface area (Å²) in [4.78, 5) is 0. The van der Waals surface area contributed by atoms with Gasteiger partial charge in [-0.2, -0.15) is 5.26 Å². The molecule has 0 amide bonds. The fraction of sp³-hybridized carbons (Fsp3) is 0.182. The molecule has 1 aromatic heterocycles. The molecule has 2 aromatic rings. The van der Waals surface area contributed by atoms with Gasteiger partial charge in [-0.05, 0) is 31.2 Å². The highest BCUT2D eigenvalue weighted by Gasteiger charge is 2.03. The number of nitriles is 1. The molecule has 1 atom stereocenters. The first kappa shape index (κ1) is 8.64. The van der Waals surface area contributed by atoms with Crippen LogP contribution >= 0.6 is 0 Å². The van der Waals surface area contributed by atoms with E-state index in [1.165, 1.54) is 0 Å². The third kappa shape index (κ3) is 1.55. The number of hydrogen-bond donors (Lipinski definition) is 0. The smallest absolute Gasteiger partial charge is 0.181 e. The van der Waals surface area contributed by atoms with Crippen molar-refractivity contribution in [3.05, 3.63) is 30.5 Å². The molecule has 0 spiro atoms. The molecule has 0 radical (unpaired) electrons. The molecule has 0 bridgehead atoms. The van der Waals surface area contributed by atoms with Crippen LogP contribution in [0.2, 0.25) is 0 Å². The predicted molar refractivity (Wildman–Crippen MR) is 51.9 cm³/mol. The van der Waals surface area contributed by atoms with Crippen molar-refractivity contribution in [1.82, 2.24) is 0 Å². The molecule has 1 heterocycles. The second-order valence-electron chi connectivity index (χ2n) is 3.01. The quantitative estimate of drug-likeness (QED) is 0.726. The summed E-state index contributed by atoms with van der Waals surface area (Å²) in [6.07, 6.45) is 1.20. The monoisotopic (exact) mass is 187 g/mol. The minimum Gasteiger partial charge on any atom is -0.476 e. The number of furan rings is 1. The van der Waals surface area contributed by atoms with Gasteiger partial charge in [-0.15, -0.1) is 0 Å². The summed E-state index contributed by atoms with van der Waals surface area (Å²) in [5, 5.41) is 9.56. The van der Waals surface area contributed by atoms with Gasteiger partial charge in [0.1, 0.15) is 17.4 Å². The maximum Gasteiger partial charge on any atom is 0.181 e. The summed E-state index contributed by atoms with van der Waals surface area (Å²) in [6, 6.07) is 9.34. The average molecular weight is 187 g/mol. The SMILES string of the molecule is CC(C#N)Oc1ccc2occc2c1. The molecule has 0 N–H and O–H groups in total. The summed E-state index contributed by atoms with van der Waals surface area (Å²) in [6.45, 7) is 1.71. The van der Waals surface area contributed by atoms with Gasteiger partial charge < -0.3 is 9.15 Å². The minimum atomic E-state index is -0.431. The molecule has 0 aliphatic carbocycles. The van der Waals surface area contributed by atoms with Crippen molar-refractivity contribution in [2.24, 2.45) is 0 Å². The second-order valence-corrected chi connectivity index (χ2v) is 3.01. The Morgan fingerprint density at radius 3 is 3.07 bits per heavy atom. The molecule has 1 aromatic carbocycles. The number of fused-ring (bicyclic) bond motifs is 1. The summed E-state index contributed by atoms with van der Waals surface area (Å²) in [5.74, 6) is 0.688. The molecular weight excluding hydrogens is 178 g/mol. The lowest BCUT2D eigenvalue weighted by Gasteiger charge is -2.06. The molecule has 0 aliphatic rings. The normalized spacial score (nSPS) is 12.3. The molecule has 0 aliphatic heterocycles. The highest BCUT2D eigenvalue weighted by Crippen LogP contribution is 2.22. The maximum atomic E-state index is 8.58. The molecule has 0 fully saturated rings. The van der Waals surface area contributed by atoms with Gasteiger partial charge in [-0.1, -0.05) is 0 Å². The van der Waals surface area contributed by atoms with Crippen molar-refractivity contribution in [1.29, 1.82) is 5.26 Å². The van der Waals surface area contributed by atoms with Crippen molar-refractivity contribution in [2.45, 2.75) is 13.0 Å². The number of rotatable bonds is 2. The molecule has 0 saturated heterocycles. The highest BCUT2D eigenvalue weighted by atomic mass is 16.5. The van der Waals surface area contributed by atoms with Crippen LogP contribution < -0.4 is 4.74 Å². The van der Waals surface area contributed by atoms with Crippen molar-refractivity contribution in [3.8, 4) is 11.8 Å². The molecule has 70 valence electrons. The van der Waals surface area contributed by atoms with E-state index in [0.717, 1.165) is 11.0 Å². The van der Waals surface area contributed by atoms with Crippen molar-refractivity contribution >= 4 is 11.0 Å². The fourth-order valence-electron chi connectivity index (χ4n) is 1.25. The van der Waals surface area contributed by atoms with E-state index in [-0.39, 0.29) is 0 Å². The van der Waals surface area contributed by atoms with Gasteiger partial charge in [0, 0.05) is 5.39 Å². The van der Waals surface area contributed by atoms with Crippen molar-refractivity contribution in [3.63, 3.8) is 0 Å². The zero-order chi connectivity index (χ0) is 9.97. The van der Waals surface area contributed by atoms with Crippen LogP contribution in [0.15, 0.2) is 34.9 Å². The van der Waals surface area contributed by atoms with Crippen LogP contribution in [0.25, 0.3) is 11.0 Å². The molecule has 1 unspecified atom stereocenters. The Bertz CT molecular complexity index is 481. The van der Waals surface area contributed by atoms with Gasteiger partial charge in [0.15, 0.2) is 6.10 Å². The number of benzene rings is 1. The highest BCUT2D eigenvalue weighted by molar-refractivity contribution is 5.78. The topological polar surface area (TPSA) is 46.2 Å². The van der Waals surface area contributed by atoms with Crippen LogP contribution in [-0.2, 0) is 0 Å². The van der Waals surface area contributed by atoms with Crippen LogP contribution in [0.1, 0.15) is 6.92 Å². The number of ether oxygens (including phenoxy) is 1. The van der Waals surface area contributed by atoms with Gasteiger partial charge >= 0.3 is 0 Å². The molecular formula is C11H9NO2. The lowest BCUT2D eigenvalue weighted by atomic mass is 10.2.